The van der Waals surface area contributed by atoms with Crippen LogP contribution in [0.5, 0.6) is 5.88 Å². The molecule has 0 aliphatic heterocycles. The topological polar surface area (TPSA) is 45.9 Å². The molecule has 0 radical (unpaired) electrons. The van der Waals surface area contributed by atoms with Gasteiger partial charge in [-0.1, -0.05) is 5.92 Å². The fraction of sp³-hybridized carbons (Fsp3) is 0.385. The van der Waals surface area contributed by atoms with Gasteiger partial charge in [0.1, 0.15) is 11.6 Å². The lowest BCUT2D eigenvalue weighted by Gasteiger charge is -2.10. The van der Waals surface area contributed by atoms with Crippen LogP contribution in [0.3, 0.4) is 0 Å². The van der Waals surface area contributed by atoms with Crippen LogP contribution in [0.4, 0.5) is 0 Å². The van der Waals surface area contributed by atoms with Crippen molar-refractivity contribution < 1.29 is 4.74 Å². The first-order chi connectivity index (χ1) is 7.74. The van der Waals surface area contributed by atoms with E-state index in [1.807, 2.05) is 6.07 Å². The number of ether oxygens (including phenoxy) is 1. The van der Waals surface area contributed by atoms with Gasteiger partial charge in [-0.25, -0.2) is 4.98 Å². The largest absolute Gasteiger partial charge is 0.461 e. The monoisotopic (exact) mass is 212 g/mol. The molecule has 2 rings (SSSR count). The molecule has 1 aromatic rings. The third-order valence-electron chi connectivity index (χ3n) is 2.66. The predicted octanol–water partition coefficient (Wildman–Crippen LogP) is 1.84. The highest BCUT2D eigenvalue weighted by atomic mass is 16.5. The maximum Gasteiger partial charge on any atom is 0.233 e. The fourth-order valence-electron chi connectivity index (χ4n) is 1.82. The Morgan fingerprint density at radius 1 is 1.56 bits per heavy atom. The SMILES string of the molecule is C#CC(C)Oc1nc2c(cc1C#N)CCC2. The van der Waals surface area contributed by atoms with Crippen molar-refractivity contribution in [1.29, 1.82) is 5.26 Å². The molecular weight excluding hydrogens is 200 g/mol. The molecule has 1 aromatic heterocycles. The molecule has 0 spiro atoms. The molecule has 0 saturated heterocycles. The zero-order chi connectivity index (χ0) is 11.5. The summed E-state index contributed by atoms with van der Waals surface area (Å²) >= 11 is 0. The van der Waals surface area contributed by atoms with Crippen molar-refractivity contribution in [3.05, 3.63) is 22.9 Å². The summed E-state index contributed by atoms with van der Waals surface area (Å²) in [6, 6.07) is 3.97. The smallest absolute Gasteiger partial charge is 0.233 e. The Kier molecular flexibility index (Phi) is 2.79. The van der Waals surface area contributed by atoms with Gasteiger partial charge in [0.05, 0.1) is 0 Å². The van der Waals surface area contributed by atoms with E-state index in [1.54, 1.807) is 6.92 Å². The Morgan fingerprint density at radius 3 is 3.06 bits per heavy atom. The Balaban J connectivity index is 2.38. The van der Waals surface area contributed by atoms with Crippen molar-refractivity contribution in [2.75, 3.05) is 0 Å². The van der Waals surface area contributed by atoms with Gasteiger partial charge in [0.2, 0.25) is 5.88 Å². The normalized spacial score (nSPS) is 14.7. The molecular formula is C13H12N2O. The summed E-state index contributed by atoms with van der Waals surface area (Å²) in [5.41, 5.74) is 2.68. The lowest BCUT2D eigenvalue weighted by molar-refractivity contribution is 0.266. The molecule has 0 fully saturated rings. The molecule has 3 nitrogen and oxygen atoms in total. The van der Waals surface area contributed by atoms with Crippen LogP contribution < -0.4 is 4.74 Å². The highest BCUT2D eigenvalue weighted by Crippen LogP contribution is 2.26. The van der Waals surface area contributed by atoms with Gasteiger partial charge in [-0.15, -0.1) is 6.42 Å². The molecule has 0 N–H and O–H groups in total. The van der Waals surface area contributed by atoms with E-state index in [-0.39, 0.29) is 6.10 Å². The summed E-state index contributed by atoms with van der Waals surface area (Å²) in [5.74, 6) is 2.83. The van der Waals surface area contributed by atoms with E-state index < -0.39 is 0 Å². The highest BCUT2D eigenvalue weighted by molar-refractivity contribution is 5.44. The standard InChI is InChI=1S/C13H12N2O/c1-3-9(2)16-13-11(8-14)7-10-5-4-6-12(10)15-13/h1,7,9H,4-6H2,2H3. The molecule has 80 valence electrons. The summed E-state index contributed by atoms with van der Waals surface area (Å²) in [6.07, 6.45) is 7.94. The minimum atomic E-state index is -0.362. The number of nitrogens with zero attached hydrogens (tertiary/aromatic N) is 2. The van der Waals surface area contributed by atoms with Crippen molar-refractivity contribution in [2.45, 2.75) is 32.3 Å². The van der Waals surface area contributed by atoms with Gasteiger partial charge >= 0.3 is 0 Å². The minimum absolute atomic E-state index is 0.362. The Bertz CT molecular complexity index is 494. The van der Waals surface area contributed by atoms with Gasteiger partial charge in [-0.3, -0.25) is 0 Å². The van der Waals surface area contributed by atoms with E-state index in [2.05, 4.69) is 17.0 Å². The predicted molar refractivity (Wildman–Crippen MR) is 59.9 cm³/mol. The first-order valence-corrected chi connectivity index (χ1v) is 5.30. The van der Waals surface area contributed by atoms with Crippen LogP contribution in [-0.2, 0) is 12.8 Å². The van der Waals surface area contributed by atoms with E-state index in [0.717, 1.165) is 30.5 Å². The second kappa shape index (κ2) is 4.24. The fourth-order valence-corrected chi connectivity index (χ4v) is 1.82. The van der Waals surface area contributed by atoms with Crippen LogP contribution in [0.15, 0.2) is 6.07 Å². The van der Waals surface area contributed by atoms with E-state index in [9.17, 15) is 0 Å². The lowest BCUT2D eigenvalue weighted by Crippen LogP contribution is -2.11. The number of hydrogen-bond acceptors (Lipinski definition) is 3. The third kappa shape index (κ3) is 1.85. The Labute approximate surface area is 95.1 Å². The summed E-state index contributed by atoms with van der Waals surface area (Å²) in [4.78, 5) is 4.37. The number of fused-ring (bicyclic) bond motifs is 1. The van der Waals surface area contributed by atoms with Crippen LogP contribution in [0.25, 0.3) is 0 Å². The van der Waals surface area contributed by atoms with Gasteiger partial charge in [-0.2, -0.15) is 5.26 Å². The number of aromatic nitrogens is 1. The summed E-state index contributed by atoms with van der Waals surface area (Å²) in [5, 5.41) is 9.01. The van der Waals surface area contributed by atoms with Crippen LogP contribution in [0.1, 0.15) is 30.2 Å². The first-order valence-electron chi connectivity index (χ1n) is 5.30. The summed E-state index contributed by atoms with van der Waals surface area (Å²) in [6.45, 7) is 1.76. The Morgan fingerprint density at radius 2 is 2.38 bits per heavy atom. The molecule has 1 atom stereocenters. The zero-order valence-corrected chi connectivity index (χ0v) is 9.16. The van der Waals surface area contributed by atoms with Crippen molar-refractivity contribution in [2.24, 2.45) is 0 Å². The number of hydrogen-bond donors (Lipinski definition) is 0. The van der Waals surface area contributed by atoms with Crippen molar-refractivity contribution in [3.63, 3.8) is 0 Å². The van der Waals surface area contributed by atoms with E-state index in [4.69, 9.17) is 16.4 Å². The van der Waals surface area contributed by atoms with Crippen LogP contribution >= 0.6 is 0 Å². The van der Waals surface area contributed by atoms with Crippen LogP contribution in [0.2, 0.25) is 0 Å². The molecule has 0 amide bonds. The van der Waals surface area contributed by atoms with Crippen molar-refractivity contribution in [3.8, 4) is 24.3 Å². The number of rotatable bonds is 2. The molecule has 0 saturated carbocycles. The van der Waals surface area contributed by atoms with Gasteiger partial charge in [0, 0.05) is 5.69 Å². The van der Waals surface area contributed by atoms with E-state index >= 15 is 0 Å². The number of terminal acetylenes is 1. The average Bonchev–Trinajstić information content (AvgIpc) is 2.74. The zero-order valence-electron chi connectivity index (χ0n) is 9.16. The first kappa shape index (κ1) is 10.5. The minimum Gasteiger partial charge on any atom is -0.461 e. The molecule has 1 unspecified atom stereocenters. The Hall–Kier alpha value is -2.00. The maximum absolute atomic E-state index is 9.01. The maximum atomic E-state index is 9.01. The second-order valence-electron chi connectivity index (χ2n) is 3.84. The molecule has 3 heteroatoms. The van der Waals surface area contributed by atoms with Gasteiger partial charge in [0.15, 0.2) is 6.10 Å². The summed E-state index contributed by atoms with van der Waals surface area (Å²) in [7, 11) is 0. The average molecular weight is 212 g/mol. The van der Waals surface area contributed by atoms with E-state index in [1.165, 1.54) is 0 Å². The van der Waals surface area contributed by atoms with Gasteiger partial charge in [0.25, 0.3) is 0 Å². The summed E-state index contributed by atoms with van der Waals surface area (Å²) < 4.78 is 5.44. The second-order valence-corrected chi connectivity index (χ2v) is 3.84. The number of pyridine rings is 1. The lowest BCUT2D eigenvalue weighted by atomic mass is 10.1. The van der Waals surface area contributed by atoms with Gasteiger partial charge < -0.3 is 4.74 Å². The van der Waals surface area contributed by atoms with Gasteiger partial charge in [-0.05, 0) is 37.8 Å². The molecule has 1 aliphatic rings. The number of aryl methyl sites for hydroxylation is 2. The third-order valence-corrected chi connectivity index (χ3v) is 2.66. The molecule has 0 bridgehead atoms. The highest BCUT2D eigenvalue weighted by Gasteiger charge is 2.17. The molecule has 1 aliphatic carbocycles. The van der Waals surface area contributed by atoms with Crippen molar-refractivity contribution >= 4 is 0 Å². The quantitative estimate of drug-likeness (QED) is 0.703. The molecule has 0 aromatic carbocycles. The van der Waals surface area contributed by atoms with Crippen molar-refractivity contribution in [1.82, 2.24) is 4.98 Å². The van der Waals surface area contributed by atoms with Crippen LogP contribution in [-0.4, -0.2) is 11.1 Å². The number of nitriles is 1. The molecule has 1 heterocycles. The molecule has 16 heavy (non-hydrogen) atoms. The van der Waals surface area contributed by atoms with E-state index in [0.29, 0.717) is 11.4 Å². The van der Waals surface area contributed by atoms with Crippen LogP contribution in [0, 0.1) is 23.7 Å².